The molecular weight excluding hydrogens is 302 g/mol. The van der Waals surface area contributed by atoms with Crippen molar-refractivity contribution in [1.82, 2.24) is 0 Å². The van der Waals surface area contributed by atoms with E-state index in [4.69, 9.17) is 11.6 Å². The third-order valence-electron chi connectivity index (χ3n) is 3.50. The van der Waals surface area contributed by atoms with E-state index in [1.54, 1.807) is 18.2 Å². The quantitative estimate of drug-likeness (QED) is 0.888. The molecule has 2 rings (SSSR count). The van der Waals surface area contributed by atoms with Crippen molar-refractivity contribution in [1.29, 1.82) is 5.26 Å². The molecule has 1 aliphatic rings. The molecule has 0 amide bonds. The maximum atomic E-state index is 10.4. The summed E-state index contributed by atoms with van der Waals surface area (Å²) in [6, 6.07) is 7.59. The summed E-state index contributed by atoms with van der Waals surface area (Å²) in [5.74, 6) is 0. The van der Waals surface area contributed by atoms with Crippen LogP contribution < -0.4 is 0 Å². The van der Waals surface area contributed by atoms with Crippen molar-refractivity contribution in [2.75, 3.05) is 0 Å². The van der Waals surface area contributed by atoms with Gasteiger partial charge in [0, 0.05) is 9.50 Å². The van der Waals surface area contributed by atoms with Gasteiger partial charge in [0.25, 0.3) is 0 Å². The third-order valence-corrected chi connectivity index (χ3v) is 4.42. The molecule has 1 aromatic carbocycles. The fourth-order valence-corrected chi connectivity index (χ4v) is 3.37. The highest BCUT2D eigenvalue weighted by molar-refractivity contribution is 9.10. The largest absolute Gasteiger partial charge is 0.387 e. The summed E-state index contributed by atoms with van der Waals surface area (Å²) in [5.41, 5.74) is 0.119. The molecule has 0 saturated heterocycles. The fourth-order valence-electron chi connectivity index (χ4n) is 2.47. The standard InChI is InChI=1S/C13H13BrClNO/c14-11-7-9(15)3-4-10(11)12(17)13(8-16)5-1-2-6-13/h3-4,7,12,17H,1-2,5-6H2. The zero-order valence-electron chi connectivity index (χ0n) is 9.29. The van der Waals surface area contributed by atoms with Crippen LogP contribution in [-0.4, -0.2) is 5.11 Å². The van der Waals surface area contributed by atoms with E-state index >= 15 is 0 Å². The van der Waals surface area contributed by atoms with Gasteiger partial charge in [-0.15, -0.1) is 0 Å². The number of hydrogen-bond donors (Lipinski definition) is 1. The van der Waals surface area contributed by atoms with E-state index < -0.39 is 11.5 Å². The van der Waals surface area contributed by atoms with Crippen LogP contribution in [-0.2, 0) is 0 Å². The van der Waals surface area contributed by atoms with Gasteiger partial charge in [-0.2, -0.15) is 5.26 Å². The SMILES string of the molecule is N#CC1(C(O)c2ccc(Cl)cc2Br)CCCC1. The second-order valence-electron chi connectivity index (χ2n) is 4.54. The first-order valence-corrected chi connectivity index (χ1v) is 6.80. The molecule has 0 aliphatic heterocycles. The average Bonchev–Trinajstić information content (AvgIpc) is 2.78. The Kier molecular flexibility index (Phi) is 3.77. The van der Waals surface area contributed by atoms with Crippen molar-refractivity contribution < 1.29 is 5.11 Å². The highest BCUT2D eigenvalue weighted by atomic mass is 79.9. The summed E-state index contributed by atoms with van der Waals surface area (Å²) in [5, 5.41) is 20.4. The first-order valence-electron chi connectivity index (χ1n) is 5.63. The number of aliphatic hydroxyl groups is 1. The van der Waals surface area contributed by atoms with Gasteiger partial charge in [-0.05, 0) is 30.5 Å². The van der Waals surface area contributed by atoms with Gasteiger partial charge in [0.15, 0.2) is 0 Å². The molecule has 1 fully saturated rings. The summed E-state index contributed by atoms with van der Waals surface area (Å²) in [6.45, 7) is 0. The molecule has 0 spiro atoms. The van der Waals surface area contributed by atoms with Crippen LogP contribution >= 0.6 is 27.5 Å². The molecule has 90 valence electrons. The second-order valence-corrected chi connectivity index (χ2v) is 5.83. The van der Waals surface area contributed by atoms with E-state index in [1.165, 1.54) is 0 Å². The number of aliphatic hydroxyl groups excluding tert-OH is 1. The van der Waals surface area contributed by atoms with Crippen molar-refractivity contribution in [2.45, 2.75) is 31.8 Å². The van der Waals surface area contributed by atoms with Crippen LogP contribution in [0, 0.1) is 16.7 Å². The summed E-state index contributed by atoms with van der Waals surface area (Å²) < 4.78 is 0.763. The lowest BCUT2D eigenvalue weighted by Crippen LogP contribution is -2.24. The van der Waals surface area contributed by atoms with Crippen molar-refractivity contribution in [3.05, 3.63) is 33.3 Å². The van der Waals surface area contributed by atoms with Crippen LogP contribution in [0.15, 0.2) is 22.7 Å². The van der Waals surface area contributed by atoms with Gasteiger partial charge >= 0.3 is 0 Å². The molecule has 0 bridgehead atoms. The predicted molar refractivity (Wildman–Crippen MR) is 70.6 cm³/mol. The molecule has 1 aliphatic carbocycles. The molecule has 2 nitrogen and oxygen atoms in total. The minimum Gasteiger partial charge on any atom is -0.387 e. The van der Waals surface area contributed by atoms with Crippen molar-refractivity contribution in [3.63, 3.8) is 0 Å². The number of rotatable bonds is 2. The number of nitrogens with zero attached hydrogens (tertiary/aromatic N) is 1. The summed E-state index contributed by atoms with van der Waals surface area (Å²) in [6.07, 6.45) is 2.80. The van der Waals surface area contributed by atoms with Crippen molar-refractivity contribution >= 4 is 27.5 Å². The molecule has 0 aromatic heterocycles. The van der Waals surface area contributed by atoms with E-state index in [0.717, 1.165) is 35.7 Å². The summed E-state index contributed by atoms with van der Waals surface area (Å²) >= 11 is 9.27. The molecular formula is C13H13BrClNO. The second kappa shape index (κ2) is 4.97. The van der Waals surface area contributed by atoms with E-state index in [2.05, 4.69) is 22.0 Å². The van der Waals surface area contributed by atoms with Gasteiger partial charge in [0.2, 0.25) is 0 Å². The number of nitriles is 1. The van der Waals surface area contributed by atoms with Gasteiger partial charge in [-0.1, -0.05) is 46.4 Å². The van der Waals surface area contributed by atoms with Crippen LogP contribution in [0.25, 0.3) is 0 Å². The van der Waals surface area contributed by atoms with Crippen LogP contribution in [0.5, 0.6) is 0 Å². The maximum absolute atomic E-state index is 10.4. The predicted octanol–water partition coefficient (Wildman–Crippen LogP) is 4.22. The van der Waals surface area contributed by atoms with Crippen LogP contribution in [0.2, 0.25) is 5.02 Å². The number of halogens is 2. The van der Waals surface area contributed by atoms with Gasteiger partial charge in [0.05, 0.1) is 17.6 Å². The molecule has 17 heavy (non-hydrogen) atoms. The van der Waals surface area contributed by atoms with Crippen molar-refractivity contribution in [2.24, 2.45) is 5.41 Å². The highest BCUT2D eigenvalue weighted by Crippen LogP contribution is 2.48. The Morgan fingerprint density at radius 1 is 1.41 bits per heavy atom. The van der Waals surface area contributed by atoms with Gasteiger partial charge in [-0.25, -0.2) is 0 Å². The lowest BCUT2D eigenvalue weighted by molar-refractivity contribution is 0.0665. The number of hydrogen-bond acceptors (Lipinski definition) is 2. The molecule has 4 heteroatoms. The minimum absolute atomic E-state index is 0.616. The monoisotopic (exact) mass is 313 g/mol. The number of benzene rings is 1. The Morgan fingerprint density at radius 3 is 2.59 bits per heavy atom. The van der Waals surface area contributed by atoms with Gasteiger partial charge < -0.3 is 5.11 Å². The lowest BCUT2D eigenvalue weighted by Gasteiger charge is -2.27. The normalized spacial score (nSPS) is 19.9. The molecule has 1 unspecified atom stereocenters. The van der Waals surface area contributed by atoms with E-state index in [0.29, 0.717) is 5.02 Å². The Bertz CT molecular complexity index is 463. The highest BCUT2D eigenvalue weighted by Gasteiger charge is 2.42. The molecule has 0 radical (unpaired) electrons. The molecule has 0 heterocycles. The summed E-state index contributed by atoms with van der Waals surface area (Å²) in [7, 11) is 0. The van der Waals surface area contributed by atoms with Gasteiger partial charge in [0.1, 0.15) is 0 Å². The molecule has 1 N–H and O–H groups in total. The maximum Gasteiger partial charge on any atom is 0.0987 e. The Morgan fingerprint density at radius 2 is 2.06 bits per heavy atom. The zero-order chi connectivity index (χ0) is 12.5. The Hall–Kier alpha value is -0.560. The Balaban J connectivity index is 2.36. The topological polar surface area (TPSA) is 44.0 Å². The summed E-state index contributed by atoms with van der Waals surface area (Å²) in [4.78, 5) is 0. The van der Waals surface area contributed by atoms with Crippen LogP contribution in [0.4, 0.5) is 0 Å². The van der Waals surface area contributed by atoms with Crippen LogP contribution in [0.1, 0.15) is 37.4 Å². The van der Waals surface area contributed by atoms with E-state index in [9.17, 15) is 10.4 Å². The fraction of sp³-hybridized carbons (Fsp3) is 0.462. The Labute approximate surface area is 114 Å². The van der Waals surface area contributed by atoms with Gasteiger partial charge in [-0.3, -0.25) is 0 Å². The molecule has 1 atom stereocenters. The molecule has 1 saturated carbocycles. The van der Waals surface area contributed by atoms with Crippen LogP contribution in [0.3, 0.4) is 0 Å². The third kappa shape index (κ3) is 2.35. The smallest absolute Gasteiger partial charge is 0.0987 e. The average molecular weight is 315 g/mol. The first kappa shape index (κ1) is 12.9. The van der Waals surface area contributed by atoms with Crippen molar-refractivity contribution in [3.8, 4) is 6.07 Å². The lowest BCUT2D eigenvalue weighted by atomic mass is 9.79. The molecule has 1 aromatic rings. The van der Waals surface area contributed by atoms with E-state index in [1.807, 2.05) is 0 Å². The minimum atomic E-state index is -0.748. The zero-order valence-corrected chi connectivity index (χ0v) is 11.6. The van der Waals surface area contributed by atoms with E-state index in [-0.39, 0.29) is 0 Å². The first-order chi connectivity index (χ1) is 8.09.